The van der Waals surface area contributed by atoms with Crippen LogP contribution in [0.4, 0.5) is 0 Å². The van der Waals surface area contributed by atoms with Crippen LogP contribution in [0.25, 0.3) is 0 Å². The Hall–Kier alpha value is -0.260. The van der Waals surface area contributed by atoms with E-state index >= 15 is 0 Å². The molecule has 0 amide bonds. The highest BCUT2D eigenvalue weighted by atomic mass is 32.2. The van der Waals surface area contributed by atoms with E-state index in [2.05, 4.69) is 0 Å². The highest BCUT2D eigenvalue weighted by molar-refractivity contribution is 7.99. The van der Waals surface area contributed by atoms with E-state index in [1.165, 1.54) is 11.8 Å². The molecule has 11 heavy (non-hydrogen) atoms. The van der Waals surface area contributed by atoms with Gasteiger partial charge in [-0.3, -0.25) is 4.79 Å². The first-order chi connectivity index (χ1) is 5.13. The van der Waals surface area contributed by atoms with Gasteiger partial charge in [0.2, 0.25) is 0 Å². The fraction of sp³-hybridized carbons (Fsp3) is 0.833. The highest BCUT2D eigenvalue weighted by Crippen LogP contribution is 2.05. The van der Waals surface area contributed by atoms with Crippen LogP contribution in [0.15, 0.2) is 0 Å². The number of aliphatic hydroxyl groups excluding tert-OH is 1. The number of hydrogen-bond acceptors (Lipinski definition) is 4. The molecule has 0 unspecified atom stereocenters. The normalized spacial score (nSPS) is 10.5. The minimum Gasteiger partial charge on any atom is -0.481 e. The van der Waals surface area contributed by atoms with Gasteiger partial charge in [0.05, 0.1) is 6.42 Å². The Balaban J connectivity index is 2.97. The predicted molar refractivity (Wildman–Crippen MR) is 42.4 cm³/mol. The maximum Gasteiger partial charge on any atom is 0.304 e. The molecule has 0 aromatic carbocycles. The third-order valence-corrected chi connectivity index (χ3v) is 2.00. The van der Waals surface area contributed by atoms with E-state index in [0.29, 0.717) is 17.9 Å². The summed E-state index contributed by atoms with van der Waals surface area (Å²) in [7, 11) is 0. The molecule has 0 aromatic heterocycles. The average molecular weight is 180 g/mol. The van der Waals surface area contributed by atoms with E-state index in [4.69, 9.17) is 15.3 Å². The Morgan fingerprint density at radius 3 is 2.45 bits per heavy atom. The zero-order valence-corrected chi connectivity index (χ0v) is 6.88. The maximum absolute atomic E-state index is 9.98. The summed E-state index contributed by atoms with van der Waals surface area (Å²) in [5.74, 6) is 0.301. The number of aliphatic hydroxyl groups is 2. The van der Waals surface area contributed by atoms with Crippen LogP contribution in [0, 0.1) is 0 Å². The monoisotopic (exact) mass is 180 g/mol. The molecule has 0 bridgehead atoms. The third kappa shape index (κ3) is 9.74. The molecule has 4 nitrogen and oxygen atoms in total. The molecular weight excluding hydrogens is 168 g/mol. The molecule has 5 heteroatoms. The molecule has 0 heterocycles. The van der Waals surface area contributed by atoms with Crippen LogP contribution in [0.5, 0.6) is 0 Å². The van der Waals surface area contributed by atoms with E-state index in [1.54, 1.807) is 0 Å². The summed E-state index contributed by atoms with van der Waals surface area (Å²) >= 11 is 1.41. The number of rotatable bonds is 6. The summed E-state index contributed by atoms with van der Waals surface area (Å²) in [6.45, 7) is 0. The zero-order valence-electron chi connectivity index (χ0n) is 6.06. The minimum atomic E-state index is -1.27. The molecule has 0 rings (SSSR count). The van der Waals surface area contributed by atoms with Gasteiger partial charge in [0.15, 0.2) is 6.29 Å². The second-order valence-corrected chi connectivity index (χ2v) is 3.25. The van der Waals surface area contributed by atoms with Gasteiger partial charge in [0, 0.05) is 12.2 Å². The molecule has 66 valence electrons. The molecule has 0 aliphatic rings. The predicted octanol–water partition coefficient (Wildman–Crippen LogP) is -0.105. The lowest BCUT2D eigenvalue weighted by Crippen LogP contribution is -2.05. The maximum atomic E-state index is 9.98. The summed E-state index contributed by atoms with van der Waals surface area (Å²) < 4.78 is 0. The molecular formula is C6H12O4S. The van der Waals surface area contributed by atoms with Crippen molar-refractivity contribution in [2.75, 3.05) is 11.5 Å². The van der Waals surface area contributed by atoms with E-state index in [0.717, 1.165) is 0 Å². The molecule has 0 aliphatic heterocycles. The number of thioether (sulfide) groups is 1. The second kappa shape index (κ2) is 6.45. The summed E-state index contributed by atoms with van der Waals surface area (Å²) in [6.07, 6.45) is -0.844. The molecule has 0 saturated heterocycles. The van der Waals surface area contributed by atoms with Gasteiger partial charge < -0.3 is 15.3 Å². The lowest BCUT2D eigenvalue weighted by Gasteiger charge is -2.01. The van der Waals surface area contributed by atoms with Gasteiger partial charge >= 0.3 is 5.97 Å². The van der Waals surface area contributed by atoms with E-state index in [-0.39, 0.29) is 6.42 Å². The first-order valence-corrected chi connectivity index (χ1v) is 4.44. The van der Waals surface area contributed by atoms with Crippen molar-refractivity contribution in [3.05, 3.63) is 0 Å². The minimum absolute atomic E-state index is 0.131. The molecule has 0 aliphatic carbocycles. The van der Waals surface area contributed by atoms with Crippen LogP contribution in [-0.2, 0) is 4.79 Å². The Morgan fingerprint density at radius 2 is 2.00 bits per heavy atom. The van der Waals surface area contributed by atoms with Crippen LogP contribution in [-0.4, -0.2) is 39.1 Å². The molecule has 0 saturated carbocycles. The molecule has 0 atom stereocenters. The lowest BCUT2D eigenvalue weighted by molar-refractivity contribution is -0.136. The summed E-state index contributed by atoms with van der Waals surface area (Å²) in [4.78, 5) is 9.98. The third-order valence-electron chi connectivity index (χ3n) is 0.981. The first kappa shape index (κ1) is 10.7. The summed E-state index contributed by atoms with van der Waals surface area (Å²) in [5, 5.41) is 25.0. The lowest BCUT2D eigenvalue weighted by atomic mass is 10.5. The first-order valence-electron chi connectivity index (χ1n) is 3.28. The molecule has 0 aromatic rings. The van der Waals surface area contributed by atoms with Crippen LogP contribution >= 0.6 is 11.8 Å². The Kier molecular flexibility index (Phi) is 6.30. The van der Waals surface area contributed by atoms with Crippen LogP contribution < -0.4 is 0 Å². The fourth-order valence-corrected chi connectivity index (χ4v) is 1.35. The van der Waals surface area contributed by atoms with Crippen molar-refractivity contribution >= 4 is 17.7 Å². The van der Waals surface area contributed by atoms with Gasteiger partial charge in [-0.2, -0.15) is 11.8 Å². The smallest absolute Gasteiger partial charge is 0.304 e. The van der Waals surface area contributed by atoms with Gasteiger partial charge in [0.1, 0.15) is 0 Å². The number of aliphatic carboxylic acids is 1. The van der Waals surface area contributed by atoms with Crippen molar-refractivity contribution in [2.24, 2.45) is 0 Å². The van der Waals surface area contributed by atoms with Gasteiger partial charge in [-0.05, 0) is 5.75 Å². The van der Waals surface area contributed by atoms with Crippen molar-refractivity contribution in [1.82, 2.24) is 0 Å². The van der Waals surface area contributed by atoms with Crippen molar-refractivity contribution in [3.8, 4) is 0 Å². The van der Waals surface area contributed by atoms with Crippen LogP contribution in [0.3, 0.4) is 0 Å². The fourth-order valence-electron chi connectivity index (χ4n) is 0.450. The van der Waals surface area contributed by atoms with E-state index in [1.807, 2.05) is 0 Å². The topological polar surface area (TPSA) is 77.8 Å². The Bertz CT molecular complexity index is 115. The number of carboxylic acid groups (broad SMARTS) is 1. The van der Waals surface area contributed by atoms with E-state index < -0.39 is 12.3 Å². The van der Waals surface area contributed by atoms with Crippen molar-refractivity contribution < 1.29 is 20.1 Å². The number of carboxylic acids is 1. The number of hydrogen-bond donors (Lipinski definition) is 3. The summed E-state index contributed by atoms with van der Waals surface area (Å²) in [6, 6.07) is 0. The SMILES string of the molecule is O=C(O)CCSCCC(O)O. The zero-order chi connectivity index (χ0) is 8.69. The van der Waals surface area contributed by atoms with Crippen molar-refractivity contribution in [2.45, 2.75) is 19.1 Å². The van der Waals surface area contributed by atoms with Crippen LogP contribution in [0.2, 0.25) is 0 Å². The molecule has 0 radical (unpaired) electrons. The number of carbonyl (C=O) groups is 1. The van der Waals surface area contributed by atoms with Gasteiger partial charge in [-0.15, -0.1) is 0 Å². The molecule has 3 N–H and O–H groups in total. The Labute approximate surface area is 69.2 Å². The Morgan fingerprint density at radius 1 is 1.36 bits per heavy atom. The van der Waals surface area contributed by atoms with Gasteiger partial charge in [0.25, 0.3) is 0 Å². The van der Waals surface area contributed by atoms with E-state index in [9.17, 15) is 4.79 Å². The molecule has 0 spiro atoms. The van der Waals surface area contributed by atoms with Crippen LogP contribution in [0.1, 0.15) is 12.8 Å². The summed E-state index contributed by atoms with van der Waals surface area (Å²) in [5.41, 5.74) is 0. The quantitative estimate of drug-likeness (QED) is 0.393. The average Bonchev–Trinajstić information content (AvgIpc) is 1.85. The largest absolute Gasteiger partial charge is 0.481 e. The molecule has 0 fully saturated rings. The van der Waals surface area contributed by atoms with Gasteiger partial charge in [-0.1, -0.05) is 0 Å². The van der Waals surface area contributed by atoms with Crippen molar-refractivity contribution in [3.63, 3.8) is 0 Å². The van der Waals surface area contributed by atoms with Gasteiger partial charge in [-0.25, -0.2) is 0 Å². The standard InChI is InChI=1S/C6H12O4S/c7-5(8)1-3-11-4-2-6(9)10/h5,7-8H,1-4H2,(H,9,10). The second-order valence-electron chi connectivity index (χ2n) is 2.03. The highest BCUT2D eigenvalue weighted by Gasteiger charge is 1.99. The van der Waals surface area contributed by atoms with Crippen molar-refractivity contribution in [1.29, 1.82) is 0 Å².